The highest BCUT2D eigenvalue weighted by molar-refractivity contribution is 6.17. The Morgan fingerprint density at radius 1 is 1.38 bits per heavy atom. The van der Waals surface area contributed by atoms with Gasteiger partial charge in [0.25, 0.3) is 0 Å². The second-order valence-electron chi connectivity index (χ2n) is 6.78. The lowest BCUT2D eigenvalue weighted by molar-refractivity contribution is 0.115. The molecule has 118 valence electrons. The topological polar surface area (TPSA) is 25.4 Å². The Bertz CT molecular complexity index is 464. The summed E-state index contributed by atoms with van der Waals surface area (Å²) in [6, 6.07) is 4.23. The molecule has 1 saturated heterocycles. The van der Waals surface area contributed by atoms with Crippen molar-refractivity contribution in [2.45, 2.75) is 57.9 Å². The summed E-state index contributed by atoms with van der Waals surface area (Å²) in [4.78, 5) is 7.18. The van der Waals surface area contributed by atoms with Gasteiger partial charge in [-0.1, -0.05) is 20.8 Å². The van der Waals surface area contributed by atoms with Crippen molar-refractivity contribution in [2.24, 2.45) is 0 Å². The molecule has 2 rings (SSSR count). The van der Waals surface area contributed by atoms with E-state index in [9.17, 15) is 0 Å². The second kappa shape index (κ2) is 6.97. The molecule has 0 radical (unpaired) electrons. The Morgan fingerprint density at radius 3 is 2.67 bits per heavy atom. The number of rotatable bonds is 5. The third-order valence-electron chi connectivity index (χ3n) is 3.95. The lowest BCUT2D eigenvalue weighted by atomic mass is 9.91. The number of alkyl halides is 1. The molecule has 1 unspecified atom stereocenters. The molecule has 1 aliphatic heterocycles. The largest absolute Gasteiger partial charge is 0.376 e. The summed E-state index contributed by atoms with van der Waals surface area (Å²) >= 11 is 6.07. The maximum Gasteiger partial charge on any atom is 0.129 e. The van der Waals surface area contributed by atoms with Crippen LogP contribution in [-0.4, -0.2) is 30.8 Å². The van der Waals surface area contributed by atoms with Gasteiger partial charge in [-0.05, 0) is 37.5 Å². The molecular weight excluding hydrogens is 284 g/mol. The highest BCUT2D eigenvalue weighted by atomic mass is 35.5. The van der Waals surface area contributed by atoms with E-state index in [1.54, 1.807) is 0 Å². The number of aromatic nitrogens is 1. The van der Waals surface area contributed by atoms with Crippen LogP contribution in [0.2, 0.25) is 0 Å². The molecule has 21 heavy (non-hydrogen) atoms. The first-order valence-corrected chi connectivity index (χ1v) is 8.41. The fourth-order valence-electron chi connectivity index (χ4n) is 2.61. The third kappa shape index (κ3) is 4.33. The fourth-order valence-corrected chi connectivity index (χ4v) is 2.77. The number of nitrogens with zero attached hydrogens (tertiary/aromatic N) is 2. The predicted octanol–water partition coefficient (Wildman–Crippen LogP) is 4.12. The highest BCUT2D eigenvalue weighted by Crippen LogP contribution is 2.26. The van der Waals surface area contributed by atoms with Gasteiger partial charge in [-0.2, -0.15) is 0 Å². The van der Waals surface area contributed by atoms with Crippen LogP contribution >= 0.6 is 11.6 Å². The molecule has 0 bridgehead atoms. The Hall–Kier alpha value is -0.800. The minimum absolute atomic E-state index is 0.0279. The first-order valence-electron chi connectivity index (χ1n) is 7.88. The average molecular weight is 311 g/mol. The minimum atomic E-state index is 0.0279. The first kappa shape index (κ1) is 16.6. The number of halogens is 1. The maximum atomic E-state index is 6.07. The van der Waals surface area contributed by atoms with Gasteiger partial charge in [0, 0.05) is 36.7 Å². The van der Waals surface area contributed by atoms with Crippen molar-refractivity contribution >= 4 is 17.4 Å². The molecule has 3 nitrogen and oxygen atoms in total. The number of likely N-dealkylation sites (N-methyl/N-ethyl adjacent to an activating group) is 1. The van der Waals surface area contributed by atoms with E-state index in [1.165, 1.54) is 6.42 Å². The van der Waals surface area contributed by atoms with Crippen molar-refractivity contribution in [3.8, 4) is 0 Å². The molecule has 0 aromatic carbocycles. The SMILES string of the molecule is CCN(CC1CCCO1)c1cc(CCl)cc(C(C)(C)C)n1. The van der Waals surface area contributed by atoms with Crippen LogP contribution < -0.4 is 4.90 Å². The van der Waals surface area contributed by atoms with Crippen LogP contribution in [-0.2, 0) is 16.0 Å². The number of pyridine rings is 1. The van der Waals surface area contributed by atoms with Gasteiger partial charge in [0.1, 0.15) is 5.82 Å². The molecule has 0 N–H and O–H groups in total. The Morgan fingerprint density at radius 2 is 2.14 bits per heavy atom. The number of hydrogen-bond donors (Lipinski definition) is 0. The summed E-state index contributed by atoms with van der Waals surface area (Å²) < 4.78 is 5.77. The molecule has 2 heterocycles. The second-order valence-corrected chi connectivity index (χ2v) is 7.04. The zero-order chi connectivity index (χ0) is 15.5. The van der Waals surface area contributed by atoms with Crippen LogP contribution in [0.4, 0.5) is 5.82 Å². The van der Waals surface area contributed by atoms with Gasteiger partial charge >= 0.3 is 0 Å². The minimum Gasteiger partial charge on any atom is -0.376 e. The molecule has 1 aromatic rings. The van der Waals surface area contributed by atoms with E-state index in [1.807, 2.05) is 0 Å². The van der Waals surface area contributed by atoms with E-state index < -0.39 is 0 Å². The standard InChI is InChI=1S/C17H27ClN2O/c1-5-20(12-14-7-6-8-21-14)16-10-13(11-18)9-15(19-16)17(2,3)4/h9-10,14H,5-8,11-12H2,1-4H3. The van der Waals surface area contributed by atoms with E-state index in [4.69, 9.17) is 21.3 Å². The van der Waals surface area contributed by atoms with Crippen LogP contribution in [0.5, 0.6) is 0 Å². The van der Waals surface area contributed by atoms with Gasteiger partial charge in [-0.15, -0.1) is 11.6 Å². The number of anilines is 1. The zero-order valence-electron chi connectivity index (χ0n) is 13.7. The zero-order valence-corrected chi connectivity index (χ0v) is 14.4. The maximum absolute atomic E-state index is 6.07. The van der Waals surface area contributed by atoms with Crippen molar-refractivity contribution in [3.63, 3.8) is 0 Å². The molecule has 1 atom stereocenters. The van der Waals surface area contributed by atoms with Crippen LogP contribution in [0, 0.1) is 0 Å². The van der Waals surface area contributed by atoms with E-state index in [0.717, 1.165) is 43.2 Å². The van der Waals surface area contributed by atoms with Gasteiger partial charge in [-0.25, -0.2) is 4.98 Å². The molecule has 1 aliphatic rings. The Balaban J connectivity index is 2.26. The molecular formula is C17H27ClN2O. The lowest BCUT2D eigenvalue weighted by Crippen LogP contribution is -2.33. The molecule has 0 aliphatic carbocycles. The average Bonchev–Trinajstić information content (AvgIpc) is 2.96. The van der Waals surface area contributed by atoms with Crippen molar-refractivity contribution in [1.82, 2.24) is 4.98 Å². The first-order chi connectivity index (χ1) is 9.94. The molecule has 1 fully saturated rings. The van der Waals surface area contributed by atoms with Crippen LogP contribution in [0.25, 0.3) is 0 Å². The third-order valence-corrected chi connectivity index (χ3v) is 4.26. The van der Waals surface area contributed by atoms with Crippen molar-refractivity contribution in [3.05, 3.63) is 23.4 Å². The normalized spacial score (nSPS) is 19.0. The van der Waals surface area contributed by atoms with Gasteiger partial charge in [0.2, 0.25) is 0 Å². The van der Waals surface area contributed by atoms with E-state index in [2.05, 4.69) is 44.7 Å². The van der Waals surface area contributed by atoms with Crippen molar-refractivity contribution < 1.29 is 4.74 Å². The number of ether oxygens (including phenoxy) is 1. The molecule has 1 aromatic heterocycles. The molecule has 0 amide bonds. The summed E-state index contributed by atoms with van der Waals surface area (Å²) in [6.07, 6.45) is 2.66. The van der Waals surface area contributed by atoms with E-state index in [-0.39, 0.29) is 5.41 Å². The van der Waals surface area contributed by atoms with Gasteiger partial charge in [0.15, 0.2) is 0 Å². The molecule has 0 saturated carbocycles. The van der Waals surface area contributed by atoms with Crippen LogP contribution in [0.3, 0.4) is 0 Å². The fraction of sp³-hybridized carbons (Fsp3) is 0.706. The van der Waals surface area contributed by atoms with Crippen LogP contribution in [0.1, 0.15) is 51.8 Å². The van der Waals surface area contributed by atoms with Gasteiger partial charge in [-0.3, -0.25) is 0 Å². The van der Waals surface area contributed by atoms with Gasteiger partial charge < -0.3 is 9.64 Å². The summed E-state index contributed by atoms with van der Waals surface area (Å²) in [5, 5.41) is 0. The Labute approximate surface area is 133 Å². The monoisotopic (exact) mass is 310 g/mol. The van der Waals surface area contributed by atoms with E-state index in [0.29, 0.717) is 12.0 Å². The summed E-state index contributed by atoms with van der Waals surface area (Å²) in [5.74, 6) is 1.55. The smallest absolute Gasteiger partial charge is 0.129 e. The van der Waals surface area contributed by atoms with Gasteiger partial charge in [0.05, 0.1) is 6.10 Å². The molecule has 4 heteroatoms. The number of hydrogen-bond acceptors (Lipinski definition) is 3. The van der Waals surface area contributed by atoms with E-state index >= 15 is 0 Å². The Kier molecular flexibility index (Phi) is 5.50. The highest BCUT2D eigenvalue weighted by Gasteiger charge is 2.22. The quantitative estimate of drug-likeness (QED) is 0.765. The van der Waals surface area contributed by atoms with Crippen molar-refractivity contribution in [2.75, 3.05) is 24.6 Å². The predicted molar refractivity (Wildman–Crippen MR) is 89.4 cm³/mol. The summed E-state index contributed by atoms with van der Waals surface area (Å²) in [6.45, 7) is 11.5. The summed E-state index contributed by atoms with van der Waals surface area (Å²) in [5.41, 5.74) is 2.26. The van der Waals surface area contributed by atoms with Crippen molar-refractivity contribution in [1.29, 1.82) is 0 Å². The van der Waals surface area contributed by atoms with Crippen LogP contribution in [0.15, 0.2) is 12.1 Å². The lowest BCUT2D eigenvalue weighted by Gasteiger charge is -2.28. The summed E-state index contributed by atoms with van der Waals surface area (Å²) in [7, 11) is 0. The molecule has 0 spiro atoms.